The fourth-order valence-electron chi connectivity index (χ4n) is 5.10. The molecule has 1 N–H and O–H groups in total. The topological polar surface area (TPSA) is 63.6 Å². The Morgan fingerprint density at radius 3 is 2.43 bits per heavy atom. The van der Waals surface area contributed by atoms with Gasteiger partial charge >= 0.3 is 11.9 Å². The van der Waals surface area contributed by atoms with Gasteiger partial charge in [-0.05, 0) is 69.1 Å². The van der Waals surface area contributed by atoms with Crippen molar-refractivity contribution in [3.05, 3.63) is 23.8 Å². The molecule has 0 aliphatic heterocycles. The zero-order valence-electron chi connectivity index (χ0n) is 14.0. The lowest BCUT2D eigenvalue weighted by atomic mass is 9.50. The summed E-state index contributed by atoms with van der Waals surface area (Å²) in [6.45, 7) is 7.54. The third-order valence-corrected chi connectivity index (χ3v) is 6.32. The second-order valence-electron chi connectivity index (χ2n) is 7.85. The van der Waals surface area contributed by atoms with Crippen molar-refractivity contribution < 1.29 is 19.4 Å². The quantitative estimate of drug-likeness (QED) is 0.620. The third kappa shape index (κ3) is 2.96. The second-order valence-corrected chi connectivity index (χ2v) is 7.85. The summed E-state index contributed by atoms with van der Waals surface area (Å²) < 4.78 is 6.00. The molecule has 4 saturated carbocycles. The number of aliphatic carboxylic acids is 1. The summed E-state index contributed by atoms with van der Waals surface area (Å²) in [6.07, 6.45) is 7.61. The van der Waals surface area contributed by atoms with E-state index in [4.69, 9.17) is 9.84 Å². The minimum atomic E-state index is -0.971. The molecule has 0 aromatic rings. The maximum absolute atomic E-state index is 12.5. The Kier molecular flexibility index (Phi) is 4.11. The van der Waals surface area contributed by atoms with Crippen LogP contribution in [0.5, 0.6) is 0 Å². The van der Waals surface area contributed by atoms with E-state index in [9.17, 15) is 9.59 Å². The number of esters is 1. The van der Waals surface area contributed by atoms with Gasteiger partial charge in [-0.25, -0.2) is 9.59 Å². The van der Waals surface area contributed by atoms with Gasteiger partial charge in [-0.15, -0.1) is 0 Å². The van der Waals surface area contributed by atoms with Crippen LogP contribution >= 0.6 is 0 Å². The van der Waals surface area contributed by atoms with Crippen LogP contribution in [0.3, 0.4) is 0 Å². The number of ether oxygens (including phenoxy) is 1. The fraction of sp³-hybridized carbons (Fsp3) is 0.684. The maximum atomic E-state index is 12.5. The minimum absolute atomic E-state index is 0.224. The Hall–Kier alpha value is -1.58. The van der Waals surface area contributed by atoms with Crippen LogP contribution in [0.4, 0.5) is 0 Å². The Morgan fingerprint density at radius 2 is 1.87 bits per heavy atom. The first kappa shape index (κ1) is 16.3. The Balaban J connectivity index is 1.66. The van der Waals surface area contributed by atoms with Crippen LogP contribution in [0.25, 0.3) is 0 Å². The second kappa shape index (κ2) is 5.81. The molecule has 4 aliphatic carbocycles. The Morgan fingerprint density at radius 1 is 1.26 bits per heavy atom. The molecular formula is C19H26O4. The molecule has 0 heterocycles. The van der Waals surface area contributed by atoms with E-state index in [1.54, 1.807) is 0 Å². The number of hydrogen-bond donors (Lipinski definition) is 1. The summed E-state index contributed by atoms with van der Waals surface area (Å²) >= 11 is 0. The van der Waals surface area contributed by atoms with Gasteiger partial charge in [-0.1, -0.05) is 19.6 Å². The monoisotopic (exact) mass is 318 g/mol. The molecule has 4 rings (SSSR count). The summed E-state index contributed by atoms with van der Waals surface area (Å²) in [6, 6.07) is 0. The van der Waals surface area contributed by atoms with Crippen LogP contribution in [0.15, 0.2) is 23.8 Å². The SMILES string of the molecule is C=C(CC=C(C)C(=O)O)C(=O)OC12CC3CC(CC(C3)C1C)C2. The Bertz CT molecular complexity index is 560. The van der Waals surface area contributed by atoms with Crippen molar-refractivity contribution in [3.8, 4) is 0 Å². The third-order valence-electron chi connectivity index (χ3n) is 6.32. The van der Waals surface area contributed by atoms with Gasteiger partial charge in [0.25, 0.3) is 0 Å². The molecule has 0 aromatic heterocycles. The molecule has 4 fully saturated rings. The molecule has 4 nitrogen and oxygen atoms in total. The Labute approximate surface area is 137 Å². The number of hydrogen-bond acceptors (Lipinski definition) is 3. The molecule has 126 valence electrons. The summed E-state index contributed by atoms with van der Waals surface area (Å²) in [7, 11) is 0. The maximum Gasteiger partial charge on any atom is 0.334 e. The summed E-state index contributed by atoms with van der Waals surface area (Å²) in [5, 5.41) is 8.86. The van der Waals surface area contributed by atoms with Crippen molar-refractivity contribution in [2.75, 3.05) is 0 Å². The highest BCUT2D eigenvalue weighted by atomic mass is 16.6. The van der Waals surface area contributed by atoms with Crippen molar-refractivity contribution in [3.63, 3.8) is 0 Å². The molecule has 3 atom stereocenters. The van der Waals surface area contributed by atoms with Crippen LogP contribution in [-0.2, 0) is 14.3 Å². The molecule has 3 unspecified atom stereocenters. The minimum Gasteiger partial charge on any atom is -0.478 e. The zero-order valence-corrected chi connectivity index (χ0v) is 14.0. The van der Waals surface area contributed by atoms with E-state index in [2.05, 4.69) is 13.5 Å². The number of carboxylic acids is 1. The van der Waals surface area contributed by atoms with Crippen molar-refractivity contribution >= 4 is 11.9 Å². The molecule has 0 radical (unpaired) electrons. The first-order chi connectivity index (χ1) is 10.8. The number of carboxylic acid groups (broad SMARTS) is 1. The van der Waals surface area contributed by atoms with Crippen LogP contribution < -0.4 is 0 Å². The smallest absolute Gasteiger partial charge is 0.334 e. The molecule has 4 bridgehead atoms. The first-order valence-electron chi connectivity index (χ1n) is 8.62. The van der Waals surface area contributed by atoms with E-state index in [1.807, 2.05) is 0 Å². The highest BCUT2D eigenvalue weighted by Gasteiger charge is 2.57. The van der Waals surface area contributed by atoms with E-state index in [1.165, 1.54) is 32.3 Å². The molecular weight excluding hydrogens is 292 g/mol. The zero-order chi connectivity index (χ0) is 16.8. The van der Waals surface area contributed by atoms with Crippen LogP contribution in [0.2, 0.25) is 0 Å². The van der Waals surface area contributed by atoms with Gasteiger partial charge in [-0.2, -0.15) is 0 Å². The molecule has 4 aliphatic rings. The van der Waals surface area contributed by atoms with Crippen molar-refractivity contribution in [2.24, 2.45) is 23.7 Å². The predicted molar refractivity (Wildman–Crippen MR) is 86.7 cm³/mol. The van der Waals surface area contributed by atoms with E-state index in [0.29, 0.717) is 29.2 Å². The highest BCUT2D eigenvalue weighted by molar-refractivity contribution is 5.89. The molecule has 23 heavy (non-hydrogen) atoms. The summed E-state index contributed by atoms with van der Waals surface area (Å²) in [5.41, 5.74) is 0.260. The van der Waals surface area contributed by atoms with Gasteiger partial charge in [-0.3, -0.25) is 0 Å². The van der Waals surface area contributed by atoms with Gasteiger partial charge in [0, 0.05) is 11.1 Å². The average molecular weight is 318 g/mol. The van der Waals surface area contributed by atoms with Gasteiger partial charge in [0.1, 0.15) is 5.60 Å². The standard InChI is InChI=1S/C19H26O4/c1-11(17(20)21)4-5-12(2)18(22)23-19-9-14-6-15(10-19)8-16(7-14)13(19)3/h4,13-16H,2,5-10H2,1,3H3,(H,20,21). The van der Waals surface area contributed by atoms with Gasteiger partial charge in [0.2, 0.25) is 0 Å². The van der Waals surface area contributed by atoms with Crippen molar-refractivity contribution in [1.29, 1.82) is 0 Å². The van der Waals surface area contributed by atoms with E-state index in [0.717, 1.165) is 12.8 Å². The summed E-state index contributed by atoms with van der Waals surface area (Å²) in [4.78, 5) is 23.3. The lowest BCUT2D eigenvalue weighted by Gasteiger charge is -2.59. The molecule has 0 amide bonds. The normalized spacial score (nSPS) is 38.4. The number of rotatable bonds is 5. The van der Waals surface area contributed by atoms with Crippen LogP contribution in [0, 0.1) is 23.7 Å². The van der Waals surface area contributed by atoms with Gasteiger partial charge in [0.05, 0.1) is 0 Å². The van der Waals surface area contributed by atoms with E-state index < -0.39 is 5.97 Å². The summed E-state index contributed by atoms with van der Waals surface area (Å²) in [5.74, 6) is 1.20. The number of allylic oxidation sites excluding steroid dienone is 1. The van der Waals surface area contributed by atoms with Crippen LogP contribution in [0.1, 0.15) is 52.4 Å². The van der Waals surface area contributed by atoms with Crippen molar-refractivity contribution in [2.45, 2.75) is 58.0 Å². The van der Waals surface area contributed by atoms with Gasteiger partial charge < -0.3 is 9.84 Å². The average Bonchev–Trinajstić information content (AvgIpc) is 2.48. The molecule has 0 spiro atoms. The lowest BCUT2D eigenvalue weighted by molar-refractivity contribution is -0.201. The lowest BCUT2D eigenvalue weighted by Crippen LogP contribution is -2.58. The van der Waals surface area contributed by atoms with Crippen molar-refractivity contribution in [1.82, 2.24) is 0 Å². The largest absolute Gasteiger partial charge is 0.478 e. The number of carbonyl (C=O) groups is 2. The molecule has 4 heteroatoms. The van der Waals surface area contributed by atoms with E-state index in [-0.39, 0.29) is 23.6 Å². The number of carbonyl (C=O) groups excluding carboxylic acids is 1. The molecule has 0 saturated heterocycles. The first-order valence-corrected chi connectivity index (χ1v) is 8.62. The van der Waals surface area contributed by atoms with E-state index >= 15 is 0 Å². The highest BCUT2D eigenvalue weighted by Crippen LogP contribution is 2.59. The fourth-order valence-corrected chi connectivity index (χ4v) is 5.10. The van der Waals surface area contributed by atoms with Gasteiger partial charge in [0.15, 0.2) is 0 Å². The van der Waals surface area contributed by atoms with Crippen LogP contribution in [-0.4, -0.2) is 22.6 Å². The predicted octanol–water partition coefficient (Wildman–Crippen LogP) is 3.72. The molecule has 0 aromatic carbocycles.